The quantitative estimate of drug-likeness (QED) is 0.728. The van der Waals surface area contributed by atoms with Gasteiger partial charge in [-0.1, -0.05) is 39.0 Å². The number of H-pyrrole nitrogens is 1. The highest BCUT2D eigenvalue weighted by Gasteiger charge is 2.25. The molecule has 0 saturated carbocycles. The van der Waals surface area contributed by atoms with E-state index < -0.39 is 0 Å². The van der Waals surface area contributed by atoms with Gasteiger partial charge in [0.15, 0.2) is 0 Å². The van der Waals surface area contributed by atoms with E-state index >= 15 is 0 Å². The second-order valence-electron chi connectivity index (χ2n) is 8.76. The third kappa shape index (κ3) is 4.17. The average molecular weight is 399 g/mol. The smallest absolute Gasteiger partial charge is 0.255 e. The number of fused-ring (bicyclic) bond motifs is 1. The van der Waals surface area contributed by atoms with Crippen molar-refractivity contribution in [3.05, 3.63) is 81.2 Å². The van der Waals surface area contributed by atoms with Gasteiger partial charge in [0, 0.05) is 37.0 Å². The summed E-state index contributed by atoms with van der Waals surface area (Å²) in [5.74, 6) is 0.744. The Bertz CT molecular complexity index is 1180. The number of aromatic amines is 1. The zero-order valence-corrected chi connectivity index (χ0v) is 17.6. The molecule has 0 spiro atoms. The first kappa shape index (κ1) is 20.0. The van der Waals surface area contributed by atoms with Crippen LogP contribution in [0.2, 0.25) is 0 Å². The molecule has 3 aromatic rings. The summed E-state index contributed by atoms with van der Waals surface area (Å²) in [6.45, 7) is 8.22. The molecule has 0 radical (unpaired) electrons. The van der Waals surface area contributed by atoms with Crippen LogP contribution in [-0.4, -0.2) is 26.4 Å². The van der Waals surface area contributed by atoms with E-state index in [9.17, 15) is 4.79 Å². The monoisotopic (exact) mass is 399 g/mol. The Morgan fingerprint density at radius 1 is 1.17 bits per heavy atom. The molecule has 1 aliphatic heterocycles. The van der Waals surface area contributed by atoms with Crippen molar-refractivity contribution in [1.29, 1.82) is 5.26 Å². The zero-order valence-electron chi connectivity index (χ0n) is 17.6. The lowest BCUT2D eigenvalue weighted by molar-refractivity contribution is 0.238. The molecule has 6 heteroatoms. The van der Waals surface area contributed by atoms with Crippen molar-refractivity contribution >= 4 is 0 Å². The fraction of sp³-hybridized carbons (Fsp3) is 0.333. The highest BCUT2D eigenvalue weighted by atomic mass is 16.1. The number of hydrogen-bond acceptors (Lipinski definition) is 5. The Balaban J connectivity index is 1.54. The first-order chi connectivity index (χ1) is 14.3. The van der Waals surface area contributed by atoms with Crippen molar-refractivity contribution in [2.24, 2.45) is 0 Å². The fourth-order valence-electron chi connectivity index (χ4n) is 3.68. The van der Waals surface area contributed by atoms with Crippen molar-refractivity contribution in [2.75, 3.05) is 6.54 Å². The summed E-state index contributed by atoms with van der Waals surface area (Å²) >= 11 is 0. The lowest BCUT2D eigenvalue weighted by Crippen LogP contribution is -2.37. The molecule has 0 unspecified atom stereocenters. The summed E-state index contributed by atoms with van der Waals surface area (Å²) in [6, 6.07) is 15.6. The minimum atomic E-state index is -0.182. The predicted molar refractivity (Wildman–Crippen MR) is 116 cm³/mol. The van der Waals surface area contributed by atoms with Gasteiger partial charge >= 0.3 is 0 Å². The van der Waals surface area contributed by atoms with E-state index in [0.29, 0.717) is 18.7 Å². The van der Waals surface area contributed by atoms with Crippen molar-refractivity contribution in [2.45, 2.75) is 45.7 Å². The number of nitrogens with one attached hydrogen (secondary N) is 1. The van der Waals surface area contributed by atoms with E-state index in [-0.39, 0.29) is 11.0 Å². The van der Waals surface area contributed by atoms with Crippen molar-refractivity contribution in [3.63, 3.8) is 0 Å². The van der Waals surface area contributed by atoms with Gasteiger partial charge in [0.05, 0.1) is 34.3 Å². The highest BCUT2D eigenvalue weighted by Crippen LogP contribution is 2.22. The van der Waals surface area contributed by atoms with E-state index in [1.807, 2.05) is 36.4 Å². The summed E-state index contributed by atoms with van der Waals surface area (Å²) in [7, 11) is 0. The molecule has 1 aromatic carbocycles. The molecule has 0 bridgehead atoms. The maximum atomic E-state index is 12.7. The molecule has 1 N–H and O–H groups in total. The predicted octanol–water partition coefficient (Wildman–Crippen LogP) is 3.56. The van der Waals surface area contributed by atoms with E-state index in [1.165, 1.54) is 0 Å². The Kier molecular flexibility index (Phi) is 5.23. The van der Waals surface area contributed by atoms with Crippen LogP contribution in [0.3, 0.4) is 0 Å². The molecule has 3 heterocycles. The molecule has 4 rings (SSSR count). The van der Waals surface area contributed by atoms with Gasteiger partial charge in [0.2, 0.25) is 0 Å². The Labute approximate surface area is 176 Å². The summed E-state index contributed by atoms with van der Waals surface area (Å²) in [5.41, 5.74) is 4.78. The topological polar surface area (TPSA) is 85.7 Å². The SMILES string of the molecule is CC(C)(C)c1nc2c(c(=O)[nH]1)CN(Cc1cccc(-c3cccc(C#N)c3)n1)CC2. The van der Waals surface area contributed by atoms with Gasteiger partial charge < -0.3 is 4.98 Å². The van der Waals surface area contributed by atoms with E-state index in [1.54, 1.807) is 6.07 Å². The first-order valence-electron chi connectivity index (χ1n) is 10.1. The van der Waals surface area contributed by atoms with Crippen LogP contribution in [0.4, 0.5) is 0 Å². The molecule has 6 nitrogen and oxygen atoms in total. The number of hydrogen-bond donors (Lipinski definition) is 1. The molecule has 0 atom stereocenters. The van der Waals surface area contributed by atoms with Crippen molar-refractivity contribution < 1.29 is 0 Å². The van der Waals surface area contributed by atoms with Gasteiger partial charge in [0.1, 0.15) is 5.82 Å². The minimum absolute atomic E-state index is 0.0374. The molecule has 0 amide bonds. The molecule has 0 aliphatic carbocycles. The molecule has 30 heavy (non-hydrogen) atoms. The Hall–Kier alpha value is -3.30. The van der Waals surface area contributed by atoms with Gasteiger partial charge in [-0.2, -0.15) is 5.26 Å². The third-order valence-electron chi connectivity index (χ3n) is 5.34. The largest absolute Gasteiger partial charge is 0.310 e. The van der Waals surface area contributed by atoms with E-state index in [2.05, 4.69) is 36.7 Å². The van der Waals surface area contributed by atoms with E-state index in [4.69, 9.17) is 15.2 Å². The van der Waals surface area contributed by atoms with Crippen LogP contribution in [0, 0.1) is 11.3 Å². The van der Waals surface area contributed by atoms with E-state index in [0.717, 1.165) is 47.0 Å². The van der Waals surface area contributed by atoms with Crippen LogP contribution in [0.1, 0.15) is 49.1 Å². The number of nitriles is 1. The molecular formula is C24H25N5O. The van der Waals surface area contributed by atoms with Crippen LogP contribution in [0.5, 0.6) is 0 Å². The molecule has 152 valence electrons. The molecule has 1 aliphatic rings. The maximum absolute atomic E-state index is 12.7. The molecule has 0 saturated heterocycles. The molecule has 0 fully saturated rings. The van der Waals surface area contributed by atoms with Crippen molar-refractivity contribution in [3.8, 4) is 17.3 Å². The Morgan fingerprint density at radius 3 is 2.73 bits per heavy atom. The second kappa shape index (κ2) is 7.85. The number of rotatable bonds is 3. The summed E-state index contributed by atoms with van der Waals surface area (Å²) in [5, 5.41) is 9.13. The lowest BCUT2D eigenvalue weighted by atomic mass is 9.95. The third-order valence-corrected chi connectivity index (χ3v) is 5.34. The maximum Gasteiger partial charge on any atom is 0.255 e. The normalized spacial score (nSPS) is 14.2. The summed E-state index contributed by atoms with van der Waals surface area (Å²) in [6.07, 6.45) is 0.756. The van der Waals surface area contributed by atoms with Crippen LogP contribution in [0.25, 0.3) is 11.3 Å². The summed E-state index contributed by atoms with van der Waals surface area (Å²) in [4.78, 5) is 27.4. The van der Waals surface area contributed by atoms with Gasteiger partial charge in [-0.05, 0) is 24.3 Å². The average Bonchev–Trinajstić information content (AvgIpc) is 2.73. The Morgan fingerprint density at radius 2 is 1.97 bits per heavy atom. The van der Waals surface area contributed by atoms with Gasteiger partial charge in [-0.3, -0.25) is 14.7 Å². The van der Waals surface area contributed by atoms with Gasteiger partial charge in [0.25, 0.3) is 5.56 Å². The van der Waals surface area contributed by atoms with Crippen LogP contribution in [0.15, 0.2) is 47.3 Å². The molecular weight excluding hydrogens is 374 g/mol. The number of benzene rings is 1. The lowest BCUT2D eigenvalue weighted by Gasteiger charge is -2.28. The van der Waals surface area contributed by atoms with Crippen LogP contribution >= 0.6 is 0 Å². The number of nitrogens with zero attached hydrogens (tertiary/aromatic N) is 4. The number of aromatic nitrogens is 3. The van der Waals surface area contributed by atoms with Gasteiger partial charge in [-0.15, -0.1) is 0 Å². The van der Waals surface area contributed by atoms with Crippen LogP contribution in [-0.2, 0) is 24.9 Å². The standard InChI is InChI=1S/C24H25N5O/c1-24(2,3)23-27-21-10-11-29(15-19(21)22(30)28-23)14-18-8-5-9-20(26-18)17-7-4-6-16(12-17)13-25/h4-9,12H,10-11,14-15H2,1-3H3,(H,27,28,30). The van der Waals surface area contributed by atoms with Crippen LogP contribution < -0.4 is 5.56 Å². The highest BCUT2D eigenvalue weighted by molar-refractivity contribution is 5.61. The van der Waals surface area contributed by atoms with Crippen molar-refractivity contribution in [1.82, 2.24) is 19.9 Å². The zero-order chi connectivity index (χ0) is 21.3. The molecule has 2 aromatic heterocycles. The van der Waals surface area contributed by atoms with Gasteiger partial charge in [-0.25, -0.2) is 4.98 Å². The minimum Gasteiger partial charge on any atom is -0.310 e. The first-order valence-corrected chi connectivity index (χ1v) is 10.1. The second-order valence-corrected chi connectivity index (χ2v) is 8.76. The summed E-state index contributed by atoms with van der Waals surface area (Å²) < 4.78 is 0. The number of pyridine rings is 1. The fourth-order valence-corrected chi connectivity index (χ4v) is 3.68.